The lowest BCUT2D eigenvalue weighted by Gasteiger charge is -2.12. The van der Waals surface area contributed by atoms with Crippen LogP contribution in [0.3, 0.4) is 0 Å². The quantitative estimate of drug-likeness (QED) is 0.411. The van der Waals surface area contributed by atoms with E-state index in [2.05, 4.69) is 25.4 Å². The van der Waals surface area contributed by atoms with Crippen molar-refractivity contribution in [1.29, 1.82) is 0 Å². The number of anilines is 1. The number of aromatic nitrogens is 6. The van der Waals surface area contributed by atoms with Crippen molar-refractivity contribution in [2.45, 2.75) is 6.92 Å². The van der Waals surface area contributed by atoms with E-state index < -0.39 is 0 Å². The second-order valence-corrected chi connectivity index (χ2v) is 7.44. The molecule has 0 bridgehead atoms. The van der Waals surface area contributed by atoms with Gasteiger partial charge in [-0.1, -0.05) is 0 Å². The van der Waals surface area contributed by atoms with Crippen LogP contribution in [0, 0.1) is 6.92 Å². The van der Waals surface area contributed by atoms with E-state index >= 15 is 0 Å². The zero-order valence-electron chi connectivity index (χ0n) is 18.9. The molecule has 4 aromatic heterocycles. The van der Waals surface area contributed by atoms with E-state index in [1.807, 2.05) is 26.2 Å². The summed E-state index contributed by atoms with van der Waals surface area (Å²) in [7, 11) is 5.14. The Labute approximate surface area is 190 Å². The monoisotopic (exact) mass is 447 g/mol. The molecule has 0 amide bonds. The van der Waals surface area contributed by atoms with Gasteiger partial charge in [0.05, 0.1) is 35.4 Å². The molecule has 0 saturated heterocycles. The van der Waals surface area contributed by atoms with E-state index in [0.29, 0.717) is 47.6 Å². The molecule has 4 aromatic rings. The van der Waals surface area contributed by atoms with Gasteiger partial charge >= 0.3 is 0 Å². The van der Waals surface area contributed by atoms with Crippen molar-refractivity contribution in [2.75, 3.05) is 25.6 Å². The molecule has 10 heteroatoms. The van der Waals surface area contributed by atoms with Crippen LogP contribution < -0.4 is 15.6 Å². The second kappa shape index (κ2) is 9.61. The highest BCUT2D eigenvalue weighted by atomic mass is 16.5. The maximum Gasteiger partial charge on any atom is 0.264 e. The molecule has 10 nitrogen and oxygen atoms in total. The summed E-state index contributed by atoms with van der Waals surface area (Å²) >= 11 is 0. The van der Waals surface area contributed by atoms with Crippen LogP contribution in [0.5, 0.6) is 11.5 Å². The van der Waals surface area contributed by atoms with Gasteiger partial charge < -0.3 is 14.8 Å². The van der Waals surface area contributed by atoms with E-state index in [-0.39, 0.29) is 5.56 Å². The normalized spacial score (nSPS) is 10.9. The summed E-state index contributed by atoms with van der Waals surface area (Å²) in [6.45, 7) is 2.90. The Bertz CT molecular complexity index is 1330. The van der Waals surface area contributed by atoms with Crippen LogP contribution in [-0.4, -0.2) is 49.6 Å². The highest BCUT2D eigenvalue weighted by Crippen LogP contribution is 2.28. The number of nitrogens with one attached hydrogen (secondary N) is 1. The summed E-state index contributed by atoms with van der Waals surface area (Å²) in [5.41, 5.74) is 3.06. The van der Waals surface area contributed by atoms with E-state index in [1.54, 1.807) is 49.4 Å². The number of hydrogen-bond acceptors (Lipinski definition) is 8. The summed E-state index contributed by atoms with van der Waals surface area (Å²) < 4.78 is 14.2. The predicted octanol–water partition coefficient (Wildman–Crippen LogP) is 2.80. The van der Waals surface area contributed by atoms with Gasteiger partial charge in [0.2, 0.25) is 5.95 Å². The molecule has 0 aliphatic heterocycles. The van der Waals surface area contributed by atoms with Gasteiger partial charge in [-0.15, -0.1) is 0 Å². The van der Waals surface area contributed by atoms with Crippen molar-refractivity contribution in [1.82, 2.24) is 29.3 Å². The minimum atomic E-state index is -0.194. The third-order valence-corrected chi connectivity index (χ3v) is 5.03. The second-order valence-electron chi connectivity index (χ2n) is 7.44. The molecule has 0 aromatic carbocycles. The lowest BCUT2D eigenvalue weighted by Crippen LogP contribution is -2.24. The third kappa shape index (κ3) is 4.90. The standard InChI is InChI=1S/C23H25N7O3/c1-15-21(33-17-7-8-24-20(11-17)16-12-27-29(2)14-16)6-5-19(28-15)18-13-26-23(25-9-10-32-4)30(3)22(18)31/h5-8,11-14H,9-10H2,1-4H3,(H,25,26). The fraction of sp³-hybridized carbons (Fsp3) is 0.261. The van der Waals surface area contributed by atoms with Gasteiger partial charge in [0.15, 0.2) is 0 Å². The molecule has 0 aliphatic carbocycles. The largest absolute Gasteiger partial charge is 0.455 e. The van der Waals surface area contributed by atoms with E-state index in [4.69, 9.17) is 9.47 Å². The molecule has 0 spiro atoms. The maximum atomic E-state index is 12.9. The lowest BCUT2D eigenvalue weighted by atomic mass is 10.2. The van der Waals surface area contributed by atoms with Crippen LogP contribution in [-0.2, 0) is 18.8 Å². The molecule has 1 N–H and O–H groups in total. The first kappa shape index (κ1) is 22.2. The van der Waals surface area contributed by atoms with Gasteiger partial charge in [-0.05, 0) is 25.1 Å². The molecule has 0 aliphatic rings. The minimum Gasteiger partial charge on any atom is -0.455 e. The van der Waals surface area contributed by atoms with Crippen LogP contribution in [0.25, 0.3) is 22.5 Å². The summed E-state index contributed by atoms with van der Waals surface area (Å²) in [5, 5.41) is 7.26. The van der Waals surface area contributed by atoms with Crippen molar-refractivity contribution in [3.05, 3.63) is 65.1 Å². The molecule has 4 heterocycles. The molecule has 170 valence electrons. The smallest absolute Gasteiger partial charge is 0.264 e. The molecule has 0 atom stereocenters. The zero-order chi connectivity index (χ0) is 23.4. The Balaban J connectivity index is 1.56. The van der Waals surface area contributed by atoms with Gasteiger partial charge in [0.25, 0.3) is 5.56 Å². The number of pyridine rings is 2. The molecule has 0 saturated carbocycles. The fourth-order valence-corrected chi connectivity index (χ4v) is 3.27. The van der Waals surface area contributed by atoms with Gasteiger partial charge in [0.1, 0.15) is 11.5 Å². The predicted molar refractivity (Wildman–Crippen MR) is 124 cm³/mol. The first-order valence-electron chi connectivity index (χ1n) is 10.4. The van der Waals surface area contributed by atoms with Gasteiger partial charge in [-0.25, -0.2) is 9.97 Å². The Morgan fingerprint density at radius 2 is 1.94 bits per heavy atom. The van der Waals surface area contributed by atoms with Crippen molar-refractivity contribution in [2.24, 2.45) is 14.1 Å². The Morgan fingerprint density at radius 1 is 1.09 bits per heavy atom. The average Bonchev–Trinajstić information content (AvgIpc) is 3.25. The number of hydrogen-bond donors (Lipinski definition) is 1. The molecule has 0 radical (unpaired) electrons. The van der Waals surface area contributed by atoms with Crippen LogP contribution >= 0.6 is 0 Å². The molecule has 0 unspecified atom stereocenters. The zero-order valence-corrected chi connectivity index (χ0v) is 18.9. The Morgan fingerprint density at radius 3 is 2.67 bits per heavy atom. The third-order valence-electron chi connectivity index (χ3n) is 5.03. The first-order valence-corrected chi connectivity index (χ1v) is 10.4. The Kier molecular flexibility index (Phi) is 6.45. The van der Waals surface area contributed by atoms with Crippen LogP contribution in [0.1, 0.15) is 5.69 Å². The maximum absolute atomic E-state index is 12.9. The summed E-state index contributed by atoms with van der Waals surface area (Å²) in [6, 6.07) is 7.18. The van der Waals surface area contributed by atoms with E-state index in [0.717, 1.165) is 11.3 Å². The van der Waals surface area contributed by atoms with Crippen LogP contribution in [0.4, 0.5) is 5.95 Å². The van der Waals surface area contributed by atoms with Crippen LogP contribution in [0.2, 0.25) is 0 Å². The van der Waals surface area contributed by atoms with Crippen molar-refractivity contribution in [3.8, 4) is 34.0 Å². The lowest BCUT2D eigenvalue weighted by molar-refractivity contribution is 0.210. The van der Waals surface area contributed by atoms with E-state index in [9.17, 15) is 4.79 Å². The first-order chi connectivity index (χ1) is 16.0. The Hall–Kier alpha value is -4.05. The van der Waals surface area contributed by atoms with Gasteiger partial charge in [0, 0.05) is 58.0 Å². The van der Waals surface area contributed by atoms with Crippen molar-refractivity contribution < 1.29 is 9.47 Å². The SMILES string of the molecule is COCCNc1ncc(-c2ccc(Oc3ccnc(-c4cnn(C)c4)c3)c(C)n2)c(=O)n1C. The van der Waals surface area contributed by atoms with E-state index in [1.165, 1.54) is 10.8 Å². The average molecular weight is 447 g/mol. The minimum absolute atomic E-state index is 0.194. The molecule has 0 fully saturated rings. The highest BCUT2D eigenvalue weighted by Gasteiger charge is 2.13. The van der Waals surface area contributed by atoms with Gasteiger partial charge in [-0.3, -0.25) is 19.0 Å². The number of ether oxygens (including phenoxy) is 2. The summed E-state index contributed by atoms with van der Waals surface area (Å²) in [4.78, 5) is 26.2. The summed E-state index contributed by atoms with van der Waals surface area (Å²) in [5.74, 6) is 1.69. The van der Waals surface area contributed by atoms with Gasteiger partial charge in [-0.2, -0.15) is 5.10 Å². The van der Waals surface area contributed by atoms with Crippen molar-refractivity contribution >= 4 is 5.95 Å². The highest BCUT2D eigenvalue weighted by molar-refractivity contribution is 5.60. The summed E-state index contributed by atoms with van der Waals surface area (Å²) in [6.07, 6.45) is 6.86. The van der Waals surface area contributed by atoms with Crippen LogP contribution in [0.15, 0.2) is 53.8 Å². The van der Waals surface area contributed by atoms with Crippen molar-refractivity contribution in [3.63, 3.8) is 0 Å². The molecular formula is C23H25N7O3. The number of aryl methyl sites for hydroxylation is 2. The number of nitrogens with zero attached hydrogens (tertiary/aromatic N) is 6. The molecule has 4 rings (SSSR count). The molecule has 33 heavy (non-hydrogen) atoms. The number of rotatable bonds is 8. The molecular weight excluding hydrogens is 422 g/mol. The number of methoxy groups -OCH3 is 1. The topological polar surface area (TPSA) is 109 Å². The fourth-order valence-electron chi connectivity index (χ4n) is 3.27.